The van der Waals surface area contributed by atoms with Crippen LogP contribution in [0.25, 0.3) is 0 Å². The second-order valence-electron chi connectivity index (χ2n) is 3.08. The minimum atomic E-state index is -0.0473. The van der Waals surface area contributed by atoms with Gasteiger partial charge in [0.15, 0.2) is 0 Å². The van der Waals surface area contributed by atoms with Gasteiger partial charge in [-0.15, -0.1) is 0 Å². The second-order valence-corrected chi connectivity index (χ2v) is 3.08. The van der Waals surface area contributed by atoms with E-state index in [4.69, 9.17) is 15.6 Å². The molecule has 0 saturated carbocycles. The lowest BCUT2D eigenvalue weighted by molar-refractivity contribution is 0.280. The minimum Gasteiger partial charge on any atom is -0.496 e. The summed E-state index contributed by atoms with van der Waals surface area (Å²) < 4.78 is 5.21. The van der Waals surface area contributed by atoms with Crippen molar-refractivity contribution in [2.75, 3.05) is 12.8 Å². The Kier molecular flexibility index (Phi) is 2.78. The van der Waals surface area contributed by atoms with Crippen LogP contribution in [0.15, 0.2) is 6.07 Å². The molecular formula is C10H15NO2. The summed E-state index contributed by atoms with van der Waals surface area (Å²) in [6.07, 6.45) is 0. The van der Waals surface area contributed by atoms with Crippen molar-refractivity contribution in [3.63, 3.8) is 0 Å². The quantitative estimate of drug-likeness (QED) is 0.678. The molecule has 0 aliphatic heterocycles. The Morgan fingerprint density at radius 1 is 1.46 bits per heavy atom. The summed E-state index contributed by atoms with van der Waals surface area (Å²) in [5.74, 6) is 0.804. The van der Waals surface area contributed by atoms with Gasteiger partial charge in [0.25, 0.3) is 0 Å². The smallest absolute Gasteiger partial charge is 0.125 e. The number of aliphatic hydroxyl groups excluding tert-OH is 1. The standard InChI is InChI=1S/C10H15NO2/c1-6-4-9(11)8(5-12)7(2)10(6)13-3/h4,12H,5,11H2,1-3H3. The third kappa shape index (κ3) is 1.60. The van der Waals surface area contributed by atoms with Crippen molar-refractivity contribution in [1.29, 1.82) is 0 Å². The van der Waals surface area contributed by atoms with Crippen LogP contribution in [0.1, 0.15) is 16.7 Å². The number of benzene rings is 1. The van der Waals surface area contributed by atoms with Crippen molar-refractivity contribution in [2.24, 2.45) is 0 Å². The number of ether oxygens (including phenoxy) is 1. The second kappa shape index (κ2) is 3.66. The number of nitrogens with two attached hydrogens (primary N) is 1. The van der Waals surface area contributed by atoms with E-state index in [2.05, 4.69) is 0 Å². The largest absolute Gasteiger partial charge is 0.496 e. The molecule has 1 aromatic rings. The average Bonchev–Trinajstić information content (AvgIpc) is 2.04. The number of anilines is 1. The predicted octanol–water partition coefficient (Wildman–Crippen LogP) is 1.39. The van der Waals surface area contributed by atoms with Crippen molar-refractivity contribution < 1.29 is 9.84 Å². The van der Waals surface area contributed by atoms with E-state index in [1.807, 2.05) is 19.9 Å². The maximum atomic E-state index is 9.07. The highest BCUT2D eigenvalue weighted by Crippen LogP contribution is 2.30. The van der Waals surface area contributed by atoms with E-state index in [9.17, 15) is 0 Å². The Morgan fingerprint density at radius 3 is 2.54 bits per heavy atom. The van der Waals surface area contributed by atoms with E-state index in [0.29, 0.717) is 5.69 Å². The Hall–Kier alpha value is -1.22. The highest BCUT2D eigenvalue weighted by Gasteiger charge is 2.10. The molecule has 0 spiro atoms. The zero-order chi connectivity index (χ0) is 10.0. The number of methoxy groups -OCH3 is 1. The molecule has 1 rings (SSSR count). The topological polar surface area (TPSA) is 55.5 Å². The van der Waals surface area contributed by atoms with Crippen molar-refractivity contribution in [1.82, 2.24) is 0 Å². The third-order valence-corrected chi connectivity index (χ3v) is 2.23. The zero-order valence-electron chi connectivity index (χ0n) is 8.22. The number of aryl methyl sites for hydroxylation is 1. The lowest BCUT2D eigenvalue weighted by Gasteiger charge is -2.14. The van der Waals surface area contributed by atoms with Crippen LogP contribution in [0.2, 0.25) is 0 Å². The molecule has 1 aromatic carbocycles. The number of aliphatic hydroxyl groups is 1. The lowest BCUT2D eigenvalue weighted by Crippen LogP contribution is -2.01. The molecule has 0 atom stereocenters. The fourth-order valence-electron chi connectivity index (χ4n) is 1.56. The first-order chi connectivity index (χ1) is 6.11. The van der Waals surface area contributed by atoms with Gasteiger partial charge in [0.05, 0.1) is 13.7 Å². The summed E-state index contributed by atoms with van der Waals surface area (Å²) in [6, 6.07) is 1.82. The Bertz CT molecular complexity index is 293. The fraction of sp³-hybridized carbons (Fsp3) is 0.400. The van der Waals surface area contributed by atoms with E-state index < -0.39 is 0 Å². The van der Waals surface area contributed by atoms with Gasteiger partial charge in [0, 0.05) is 11.3 Å². The molecule has 0 unspecified atom stereocenters. The Labute approximate surface area is 78.1 Å². The number of hydrogen-bond acceptors (Lipinski definition) is 3. The Morgan fingerprint density at radius 2 is 2.08 bits per heavy atom. The first kappa shape index (κ1) is 9.86. The normalized spacial score (nSPS) is 10.2. The minimum absolute atomic E-state index is 0.0473. The summed E-state index contributed by atoms with van der Waals surface area (Å²) in [4.78, 5) is 0. The molecule has 0 fully saturated rings. The maximum Gasteiger partial charge on any atom is 0.125 e. The molecule has 72 valence electrons. The van der Waals surface area contributed by atoms with Gasteiger partial charge in [-0.3, -0.25) is 0 Å². The Balaban J connectivity index is 3.39. The fourth-order valence-corrected chi connectivity index (χ4v) is 1.56. The molecule has 0 radical (unpaired) electrons. The molecule has 0 saturated heterocycles. The number of hydrogen-bond donors (Lipinski definition) is 2. The molecule has 3 heteroatoms. The molecule has 0 bridgehead atoms. The molecule has 0 aromatic heterocycles. The molecule has 0 heterocycles. The van der Waals surface area contributed by atoms with Gasteiger partial charge >= 0.3 is 0 Å². The summed E-state index contributed by atoms with van der Waals surface area (Å²) in [5.41, 5.74) is 9.03. The van der Waals surface area contributed by atoms with Crippen molar-refractivity contribution in [3.05, 3.63) is 22.8 Å². The summed E-state index contributed by atoms with van der Waals surface area (Å²) in [7, 11) is 1.62. The van der Waals surface area contributed by atoms with Crippen LogP contribution in [0, 0.1) is 13.8 Å². The first-order valence-electron chi connectivity index (χ1n) is 4.15. The average molecular weight is 181 g/mol. The molecule has 3 nitrogen and oxygen atoms in total. The van der Waals surface area contributed by atoms with Crippen LogP contribution in [-0.4, -0.2) is 12.2 Å². The highest BCUT2D eigenvalue weighted by molar-refractivity contribution is 5.59. The van der Waals surface area contributed by atoms with Crippen molar-refractivity contribution in [3.8, 4) is 5.75 Å². The molecule has 3 N–H and O–H groups in total. The van der Waals surface area contributed by atoms with Crippen LogP contribution >= 0.6 is 0 Å². The third-order valence-electron chi connectivity index (χ3n) is 2.23. The van der Waals surface area contributed by atoms with E-state index in [1.54, 1.807) is 7.11 Å². The summed E-state index contributed by atoms with van der Waals surface area (Å²) >= 11 is 0. The van der Waals surface area contributed by atoms with Crippen LogP contribution in [0.5, 0.6) is 5.75 Å². The summed E-state index contributed by atoms with van der Waals surface area (Å²) in [5, 5.41) is 9.07. The van der Waals surface area contributed by atoms with E-state index >= 15 is 0 Å². The van der Waals surface area contributed by atoms with Crippen LogP contribution in [-0.2, 0) is 6.61 Å². The van der Waals surface area contributed by atoms with Crippen LogP contribution < -0.4 is 10.5 Å². The van der Waals surface area contributed by atoms with Gasteiger partial charge in [-0.25, -0.2) is 0 Å². The van der Waals surface area contributed by atoms with E-state index in [-0.39, 0.29) is 6.61 Å². The van der Waals surface area contributed by atoms with E-state index in [1.165, 1.54) is 0 Å². The maximum absolute atomic E-state index is 9.07. The SMILES string of the molecule is COc1c(C)cc(N)c(CO)c1C. The lowest BCUT2D eigenvalue weighted by atomic mass is 10.0. The van der Waals surface area contributed by atoms with Crippen LogP contribution in [0.4, 0.5) is 5.69 Å². The monoisotopic (exact) mass is 181 g/mol. The van der Waals surface area contributed by atoms with Gasteiger partial charge < -0.3 is 15.6 Å². The van der Waals surface area contributed by atoms with Crippen LogP contribution in [0.3, 0.4) is 0 Å². The van der Waals surface area contributed by atoms with Crippen molar-refractivity contribution in [2.45, 2.75) is 20.5 Å². The first-order valence-corrected chi connectivity index (χ1v) is 4.15. The summed E-state index contributed by atoms with van der Waals surface area (Å²) in [6.45, 7) is 3.78. The van der Waals surface area contributed by atoms with Gasteiger partial charge in [-0.2, -0.15) is 0 Å². The molecular weight excluding hydrogens is 166 g/mol. The van der Waals surface area contributed by atoms with Crippen molar-refractivity contribution >= 4 is 5.69 Å². The van der Waals surface area contributed by atoms with Gasteiger partial charge in [0.2, 0.25) is 0 Å². The predicted molar refractivity (Wildman–Crippen MR) is 52.8 cm³/mol. The van der Waals surface area contributed by atoms with E-state index in [0.717, 1.165) is 22.4 Å². The molecule has 13 heavy (non-hydrogen) atoms. The highest BCUT2D eigenvalue weighted by atomic mass is 16.5. The molecule has 0 aliphatic carbocycles. The van der Waals surface area contributed by atoms with Gasteiger partial charge in [-0.05, 0) is 31.0 Å². The zero-order valence-corrected chi connectivity index (χ0v) is 8.22. The van der Waals surface area contributed by atoms with Gasteiger partial charge in [0.1, 0.15) is 5.75 Å². The number of nitrogen functional groups attached to an aromatic ring is 1. The molecule has 0 aliphatic rings. The number of rotatable bonds is 2. The molecule has 0 amide bonds. The van der Waals surface area contributed by atoms with Gasteiger partial charge in [-0.1, -0.05) is 0 Å².